The van der Waals surface area contributed by atoms with Gasteiger partial charge in [-0.3, -0.25) is 4.79 Å². The molecule has 1 heteroatoms. The SMILES string of the molecule is CCCCC(=O)CC(C)(C)CCC. The lowest BCUT2D eigenvalue weighted by Crippen LogP contribution is -2.16. The molecule has 0 aromatic rings. The summed E-state index contributed by atoms with van der Waals surface area (Å²) in [6.07, 6.45) is 6.06. The van der Waals surface area contributed by atoms with Crippen LogP contribution >= 0.6 is 0 Å². The van der Waals surface area contributed by atoms with Crippen molar-refractivity contribution in [3.63, 3.8) is 0 Å². The lowest BCUT2D eigenvalue weighted by atomic mass is 9.82. The molecule has 0 heterocycles. The van der Waals surface area contributed by atoms with Crippen LogP contribution < -0.4 is 0 Å². The Morgan fingerprint density at radius 2 is 1.77 bits per heavy atom. The third-order valence-corrected chi connectivity index (χ3v) is 2.41. The van der Waals surface area contributed by atoms with Crippen LogP contribution in [-0.4, -0.2) is 5.78 Å². The minimum absolute atomic E-state index is 0.222. The number of carbonyl (C=O) groups is 1. The van der Waals surface area contributed by atoms with Crippen LogP contribution in [0.25, 0.3) is 0 Å². The quantitative estimate of drug-likeness (QED) is 0.585. The fraction of sp³-hybridized carbons (Fsp3) is 0.917. The second-order valence-electron chi connectivity index (χ2n) is 4.73. The van der Waals surface area contributed by atoms with Crippen LogP contribution in [0, 0.1) is 5.41 Å². The maximum Gasteiger partial charge on any atom is 0.133 e. The normalized spacial score (nSPS) is 11.7. The first-order valence-electron chi connectivity index (χ1n) is 5.53. The van der Waals surface area contributed by atoms with Gasteiger partial charge in [-0.15, -0.1) is 0 Å². The number of carbonyl (C=O) groups excluding carboxylic acids is 1. The summed E-state index contributed by atoms with van der Waals surface area (Å²) in [5.74, 6) is 0.445. The van der Waals surface area contributed by atoms with E-state index in [9.17, 15) is 4.79 Å². The van der Waals surface area contributed by atoms with Crippen molar-refractivity contribution in [2.24, 2.45) is 5.41 Å². The van der Waals surface area contributed by atoms with Gasteiger partial charge in [0.05, 0.1) is 0 Å². The molecule has 0 N–H and O–H groups in total. The van der Waals surface area contributed by atoms with E-state index in [1.807, 2.05) is 0 Å². The third-order valence-electron chi connectivity index (χ3n) is 2.41. The van der Waals surface area contributed by atoms with E-state index in [4.69, 9.17) is 0 Å². The van der Waals surface area contributed by atoms with Gasteiger partial charge in [0.2, 0.25) is 0 Å². The van der Waals surface area contributed by atoms with Gasteiger partial charge in [-0.05, 0) is 18.3 Å². The predicted molar refractivity (Wildman–Crippen MR) is 57.8 cm³/mol. The van der Waals surface area contributed by atoms with E-state index in [0.717, 1.165) is 32.1 Å². The summed E-state index contributed by atoms with van der Waals surface area (Å²) in [5, 5.41) is 0. The summed E-state index contributed by atoms with van der Waals surface area (Å²) < 4.78 is 0. The Balaban J connectivity index is 3.75. The van der Waals surface area contributed by atoms with E-state index >= 15 is 0 Å². The Morgan fingerprint density at radius 3 is 2.23 bits per heavy atom. The Morgan fingerprint density at radius 1 is 1.15 bits per heavy atom. The minimum atomic E-state index is 0.222. The Labute approximate surface area is 82.9 Å². The molecule has 0 amide bonds. The van der Waals surface area contributed by atoms with E-state index in [1.54, 1.807) is 0 Å². The summed E-state index contributed by atoms with van der Waals surface area (Å²) in [5.41, 5.74) is 0.222. The van der Waals surface area contributed by atoms with Gasteiger partial charge in [0, 0.05) is 12.8 Å². The van der Waals surface area contributed by atoms with Gasteiger partial charge in [0.15, 0.2) is 0 Å². The first-order valence-corrected chi connectivity index (χ1v) is 5.53. The molecule has 0 atom stereocenters. The molecule has 0 fully saturated rings. The van der Waals surface area contributed by atoms with Crippen molar-refractivity contribution < 1.29 is 4.79 Å². The number of hydrogen-bond donors (Lipinski definition) is 0. The van der Waals surface area contributed by atoms with Crippen molar-refractivity contribution in [3.8, 4) is 0 Å². The molecular weight excluding hydrogens is 160 g/mol. The average Bonchev–Trinajstić information content (AvgIpc) is 1.99. The summed E-state index contributed by atoms with van der Waals surface area (Å²) >= 11 is 0. The Hall–Kier alpha value is -0.330. The fourth-order valence-electron chi connectivity index (χ4n) is 1.76. The number of unbranched alkanes of at least 4 members (excludes halogenated alkanes) is 1. The topological polar surface area (TPSA) is 17.1 Å². The van der Waals surface area contributed by atoms with Crippen LogP contribution in [0.2, 0.25) is 0 Å². The van der Waals surface area contributed by atoms with Crippen molar-refractivity contribution in [3.05, 3.63) is 0 Å². The maximum absolute atomic E-state index is 11.5. The zero-order valence-electron chi connectivity index (χ0n) is 9.65. The van der Waals surface area contributed by atoms with Crippen LogP contribution in [0.15, 0.2) is 0 Å². The van der Waals surface area contributed by atoms with E-state index in [1.165, 1.54) is 6.42 Å². The van der Waals surface area contributed by atoms with Crippen LogP contribution in [0.3, 0.4) is 0 Å². The van der Waals surface area contributed by atoms with Gasteiger partial charge >= 0.3 is 0 Å². The Bertz CT molecular complexity index is 147. The first-order chi connectivity index (χ1) is 6.02. The summed E-state index contributed by atoms with van der Waals surface area (Å²) in [6, 6.07) is 0. The smallest absolute Gasteiger partial charge is 0.133 e. The molecule has 13 heavy (non-hydrogen) atoms. The zero-order chi connectivity index (χ0) is 10.3. The highest BCUT2D eigenvalue weighted by molar-refractivity contribution is 5.78. The molecule has 78 valence electrons. The molecular formula is C12H24O. The highest BCUT2D eigenvalue weighted by Crippen LogP contribution is 2.27. The van der Waals surface area contributed by atoms with Crippen molar-refractivity contribution in [1.29, 1.82) is 0 Å². The summed E-state index contributed by atoms with van der Waals surface area (Å²) in [4.78, 5) is 11.5. The number of ketones is 1. The first kappa shape index (κ1) is 12.7. The summed E-state index contributed by atoms with van der Waals surface area (Å²) in [7, 11) is 0. The highest BCUT2D eigenvalue weighted by atomic mass is 16.1. The van der Waals surface area contributed by atoms with Crippen LogP contribution in [0.5, 0.6) is 0 Å². The Kier molecular flexibility index (Phi) is 6.02. The number of hydrogen-bond acceptors (Lipinski definition) is 1. The van der Waals surface area contributed by atoms with E-state index in [2.05, 4.69) is 27.7 Å². The molecule has 1 nitrogen and oxygen atoms in total. The molecule has 0 saturated carbocycles. The molecule has 0 aromatic carbocycles. The average molecular weight is 184 g/mol. The van der Waals surface area contributed by atoms with Gasteiger partial charge in [0.1, 0.15) is 5.78 Å². The van der Waals surface area contributed by atoms with Crippen LogP contribution in [-0.2, 0) is 4.79 Å². The highest BCUT2D eigenvalue weighted by Gasteiger charge is 2.20. The molecule has 0 saturated heterocycles. The third kappa shape index (κ3) is 6.80. The van der Waals surface area contributed by atoms with Crippen molar-refractivity contribution >= 4 is 5.78 Å². The molecule has 0 unspecified atom stereocenters. The summed E-state index contributed by atoms with van der Waals surface area (Å²) in [6.45, 7) is 8.70. The molecule has 0 aromatic heterocycles. The molecule has 0 radical (unpaired) electrons. The second kappa shape index (κ2) is 6.17. The fourth-order valence-corrected chi connectivity index (χ4v) is 1.76. The lowest BCUT2D eigenvalue weighted by Gasteiger charge is -2.22. The number of Topliss-reactive ketones (excluding diaryl/α,β-unsaturated/α-hetero) is 1. The van der Waals surface area contributed by atoms with Gasteiger partial charge in [-0.25, -0.2) is 0 Å². The molecule has 0 aliphatic carbocycles. The number of rotatable bonds is 7. The standard InChI is InChI=1S/C12H24O/c1-5-7-8-11(13)10-12(3,4)9-6-2/h5-10H2,1-4H3. The largest absolute Gasteiger partial charge is 0.300 e. The molecule has 0 spiro atoms. The van der Waals surface area contributed by atoms with E-state index < -0.39 is 0 Å². The molecule has 0 rings (SSSR count). The van der Waals surface area contributed by atoms with Crippen LogP contribution in [0.4, 0.5) is 0 Å². The molecule has 0 bridgehead atoms. The monoisotopic (exact) mass is 184 g/mol. The second-order valence-corrected chi connectivity index (χ2v) is 4.73. The van der Waals surface area contributed by atoms with Gasteiger partial charge in [-0.1, -0.05) is 40.5 Å². The minimum Gasteiger partial charge on any atom is -0.300 e. The van der Waals surface area contributed by atoms with Crippen molar-refractivity contribution in [2.45, 2.75) is 66.2 Å². The van der Waals surface area contributed by atoms with Gasteiger partial charge in [0.25, 0.3) is 0 Å². The van der Waals surface area contributed by atoms with Gasteiger partial charge < -0.3 is 0 Å². The van der Waals surface area contributed by atoms with Gasteiger partial charge in [-0.2, -0.15) is 0 Å². The van der Waals surface area contributed by atoms with E-state index in [0.29, 0.717) is 5.78 Å². The van der Waals surface area contributed by atoms with Crippen molar-refractivity contribution in [2.75, 3.05) is 0 Å². The van der Waals surface area contributed by atoms with E-state index in [-0.39, 0.29) is 5.41 Å². The maximum atomic E-state index is 11.5. The van der Waals surface area contributed by atoms with Crippen LogP contribution in [0.1, 0.15) is 66.2 Å². The predicted octanol–water partition coefficient (Wildman–Crippen LogP) is 3.96. The molecule has 0 aliphatic rings. The molecule has 0 aliphatic heterocycles. The lowest BCUT2D eigenvalue weighted by molar-refractivity contribution is -0.121. The van der Waals surface area contributed by atoms with Crippen molar-refractivity contribution in [1.82, 2.24) is 0 Å². The zero-order valence-corrected chi connectivity index (χ0v) is 9.65.